The van der Waals surface area contributed by atoms with E-state index in [1.165, 1.54) is 392 Å². The van der Waals surface area contributed by atoms with E-state index >= 15 is 0 Å². The van der Waals surface area contributed by atoms with Crippen LogP contribution in [0.5, 0.6) is 0 Å². The van der Waals surface area contributed by atoms with Crippen molar-refractivity contribution in [3.05, 3.63) is 12.2 Å². The molecule has 0 spiro atoms. The molecule has 0 aliphatic carbocycles. The quantitative estimate of drug-likeness (QED) is 0.0320. The molecule has 0 rings (SSSR count). The van der Waals surface area contributed by atoms with Gasteiger partial charge in [0.05, 0.1) is 25.4 Å². The van der Waals surface area contributed by atoms with Crippen molar-refractivity contribution in [1.82, 2.24) is 5.32 Å². The lowest BCUT2D eigenvalue weighted by Gasteiger charge is -2.22. The Morgan fingerprint density at radius 3 is 0.826 bits per heavy atom. The fourth-order valence-corrected chi connectivity index (χ4v) is 13.0. The number of esters is 1. The van der Waals surface area contributed by atoms with Crippen molar-refractivity contribution in [2.75, 3.05) is 13.2 Å². The number of ether oxygens (including phenoxy) is 1. The fraction of sp³-hybridized carbons (Fsp3) is 0.950. The van der Waals surface area contributed by atoms with Crippen LogP contribution in [0.1, 0.15) is 463 Å². The van der Waals surface area contributed by atoms with Crippen molar-refractivity contribution in [2.24, 2.45) is 0 Å². The van der Waals surface area contributed by atoms with Crippen LogP contribution >= 0.6 is 0 Å². The van der Waals surface area contributed by atoms with E-state index in [0.29, 0.717) is 25.9 Å². The highest BCUT2D eigenvalue weighted by Gasteiger charge is 2.20. The van der Waals surface area contributed by atoms with Gasteiger partial charge in [0.15, 0.2) is 0 Å². The maximum Gasteiger partial charge on any atom is 0.305 e. The summed E-state index contributed by atoms with van der Waals surface area (Å²) in [6, 6.07) is -0.536. The van der Waals surface area contributed by atoms with E-state index in [1.807, 2.05) is 0 Å². The van der Waals surface area contributed by atoms with Crippen LogP contribution in [-0.2, 0) is 14.3 Å². The van der Waals surface area contributed by atoms with Crippen molar-refractivity contribution in [1.29, 1.82) is 0 Å². The molecule has 0 aliphatic heterocycles. The van der Waals surface area contributed by atoms with E-state index in [9.17, 15) is 19.8 Å². The van der Waals surface area contributed by atoms with E-state index in [1.54, 1.807) is 0 Å². The SMILES string of the molecule is CCCCCCCCC/C=C\CCCCCCCCCC(=O)OCCCCCCCCCCCCCCCCCCCCCCCCCCCCCCCCCCCCCCCC(=O)NC(CO)C(O)CCCCCCCCCCCCCCCC. The van der Waals surface area contributed by atoms with E-state index < -0.39 is 12.1 Å². The van der Waals surface area contributed by atoms with E-state index in [4.69, 9.17) is 4.74 Å². The molecule has 0 heterocycles. The summed E-state index contributed by atoms with van der Waals surface area (Å²) in [5.41, 5.74) is 0. The summed E-state index contributed by atoms with van der Waals surface area (Å²) in [6.07, 6.45) is 96.1. The molecule has 6 heteroatoms. The van der Waals surface area contributed by atoms with Gasteiger partial charge in [-0.3, -0.25) is 9.59 Å². The van der Waals surface area contributed by atoms with Crippen molar-refractivity contribution in [3.63, 3.8) is 0 Å². The first kappa shape index (κ1) is 84.6. The third-order valence-electron chi connectivity index (χ3n) is 19.1. The smallest absolute Gasteiger partial charge is 0.305 e. The number of allylic oxidation sites excluding steroid dienone is 2. The average Bonchev–Trinajstić information content (AvgIpc) is 3.51. The molecule has 6 nitrogen and oxygen atoms in total. The lowest BCUT2D eigenvalue weighted by Crippen LogP contribution is -2.45. The number of amides is 1. The number of unbranched alkanes of at least 4 members (excludes halogenated alkanes) is 63. The summed E-state index contributed by atoms with van der Waals surface area (Å²) < 4.78 is 5.52. The molecule has 0 saturated heterocycles. The molecule has 2 atom stereocenters. The number of carbonyl (C=O) groups excluding carboxylic acids is 2. The Labute approximate surface area is 539 Å². The predicted octanol–water partition coefficient (Wildman–Crippen LogP) is 26.3. The lowest BCUT2D eigenvalue weighted by atomic mass is 10.0. The van der Waals surface area contributed by atoms with Gasteiger partial charge in [-0.1, -0.05) is 411 Å². The number of hydrogen-bond acceptors (Lipinski definition) is 5. The van der Waals surface area contributed by atoms with Gasteiger partial charge in [0.1, 0.15) is 0 Å². The minimum atomic E-state index is -0.659. The van der Waals surface area contributed by atoms with Gasteiger partial charge in [0.2, 0.25) is 5.91 Å². The predicted molar refractivity (Wildman–Crippen MR) is 380 cm³/mol. The summed E-state index contributed by atoms with van der Waals surface area (Å²) >= 11 is 0. The first-order valence-electron chi connectivity index (χ1n) is 39.9. The maximum atomic E-state index is 12.5. The first-order valence-corrected chi connectivity index (χ1v) is 39.9. The second-order valence-electron chi connectivity index (χ2n) is 27.8. The van der Waals surface area contributed by atoms with Crippen LogP contribution in [0.3, 0.4) is 0 Å². The molecule has 2 unspecified atom stereocenters. The second-order valence-corrected chi connectivity index (χ2v) is 27.8. The molecule has 0 fully saturated rings. The Balaban J connectivity index is 3.28. The highest BCUT2D eigenvalue weighted by molar-refractivity contribution is 5.76. The highest BCUT2D eigenvalue weighted by atomic mass is 16.5. The van der Waals surface area contributed by atoms with Gasteiger partial charge in [0.25, 0.3) is 0 Å². The lowest BCUT2D eigenvalue weighted by molar-refractivity contribution is -0.143. The van der Waals surface area contributed by atoms with Gasteiger partial charge in [-0.05, 0) is 51.4 Å². The number of rotatable bonds is 76. The standard InChI is InChI=1S/C80H157NO5/c1-3-5-7-9-11-13-15-17-19-20-43-46-50-54-58-62-66-70-74-80(85)86-75-71-67-63-59-55-51-47-44-41-39-37-35-33-31-29-27-25-23-21-22-24-26-28-30-32-34-36-38-40-42-45-49-53-57-61-65-69-73-79(84)81-77(76-82)78(83)72-68-64-60-56-52-48-18-16-14-12-10-8-6-4-2/h19-20,77-78,82-83H,3-18,21-76H2,1-2H3,(H,81,84)/b20-19-. The van der Waals surface area contributed by atoms with Gasteiger partial charge in [0, 0.05) is 12.8 Å². The van der Waals surface area contributed by atoms with Crippen molar-refractivity contribution < 1.29 is 24.5 Å². The van der Waals surface area contributed by atoms with Crippen LogP contribution in [0.25, 0.3) is 0 Å². The third kappa shape index (κ3) is 71.7. The maximum absolute atomic E-state index is 12.5. The van der Waals surface area contributed by atoms with E-state index in [2.05, 4.69) is 31.3 Å². The Kier molecular flexibility index (Phi) is 74.8. The van der Waals surface area contributed by atoms with Crippen molar-refractivity contribution >= 4 is 11.9 Å². The molecule has 0 saturated carbocycles. The minimum Gasteiger partial charge on any atom is -0.466 e. The molecule has 0 aromatic rings. The molecule has 0 radical (unpaired) electrons. The Bertz CT molecular complexity index is 1300. The van der Waals surface area contributed by atoms with E-state index in [0.717, 1.165) is 38.5 Å². The topological polar surface area (TPSA) is 95.9 Å². The number of aliphatic hydroxyl groups is 2. The number of nitrogens with one attached hydrogen (secondary N) is 1. The first-order chi connectivity index (χ1) is 42.5. The van der Waals surface area contributed by atoms with Gasteiger partial charge < -0.3 is 20.3 Å². The van der Waals surface area contributed by atoms with Gasteiger partial charge in [-0.15, -0.1) is 0 Å². The molecule has 3 N–H and O–H groups in total. The minimum absolute atomic E-state index is 0.0216. The summed E-state index contributed by atoms with van der Waals surface area (Å²) in [5.74, 6) is -0.00410. The zero-order valence-electron chi connectivity index (χ0n) is 58.8. The summed E-state index contributed by atoms with van der Waals surface area (Å²) in [6.45, 7) is 5.00. The Morgan fingerprint density at radius 2 is 0.547 bits per heavy atom. The summed E-state index contributed by atoms with van der Waals surface area (Å²) in [4.78, 5) is 24.6. The molecule has 0 aromatic carbocycles. The van der Waals surface area contributed by atoms with Crippen LogP contribution in [0.2, 0.25) is 0 Å². The monoisotopic (exact) mass is 1210 g/mol. The molecule has 0 aliphatic rings. The summed E-state index contributed by atoms with van der Waals surface area (Å²) in [5, 5.41) is 23.3. The summed E-state index contributed by atoms with van der Waals surface area (Å²) in [7, 11) is 0. The highest BCUT2D eigenvalue weighted by Crippen LogP contribution is 2.20. The fourth-order valence-electron chi connectivity index (χ4n) is 13.0. The number of carbonyl (C=O) groups is 2. The van der Waals surface area contributed by atoms with E-state index in [-0.39, 0.29) is 18.5 Å². The number of aliphatic hydroxyl groups excluding tert-OH is 2. The van der Waals surface area contributed by atoms with Crippen LogP contribution in [0.15, 0.2) is 12.2 Å². The largest absolute Gasteiger partial charge is 0.466 e. The molecule has 1 amide bonds. The second kappa shape index (κ2) is 76.1. The molecular formula is C80H157NO5. The molecule has 0 aromatic heterocycles. The molecular weight excluding hydrogens is 1050 g/mol. The van der Waals surface area contributed by atoms with Gasteiger partial charge >= 0.3 is 5.97 Å². The zero-order chi connectivity index (χ0) is 62.0. The van der Waals surface area contributed by atoms with Gasteiger partial charge in [-0.25, -0.2) is 0 Å². The Morgan fingerprint density at radius 1 is 0.314 bits per heavy atom. The van der Waals surface area contributed by atoms with Gasteiger partial charge in [-0.2, -0.15) is 0 Å². The molecule has 0 bridgehead atoms. The van der Waals surface area contributed by atoms with Crippen LogP contribution < -0.4 is 5.32 Å². The Hall–Kier alpha value is -1.40. The van der Waals surface area contributed by atoms with Crippen LogP contribution in [-0.4, -0.2) is 47.4 Å². The zero-order valence-corrected chi connectivity index (χ0v) is 58.8. The number of hydrogen-bond donors (Lipinski definition) is 3. The van der Waals surface area contributed by atoms with Crippen LogP contribution in [0.4, 0.5) is 0 Å². The van der Waals surface area contributed by atoms with Crippen molar-refractivity contribution in [3.8, 4) is 0 Å². The van der Waals surface area contributed by atoms with Crippen molar-refractivity contribution in [2.45, 2.75) is 475 Å². The molecule has 86 heavy (non-hydrogen) atoms. The van der Waals surface area contributed by atoms with Crippen LogP contribution in [0, 0.1) is 0 Å². The third-order valence-corrected chi connectivity index (χ3v) is 19.1. The average molecular weight is 1210 g/mol. The normalized spacial score (nSPS) is 12.5. The molecule has 512 valence electrons.